The Bertz CT molecular complexity index is 1790. The third kappa shape index (κ3) is 4.47. The quantitative estimate of drug-likeness (QED) is 0.264. The molecule has 3 N–H and O–H groups in total. The Morgan fingerprint density at radius 3 is 2.68 bits per heavy atom. The molecule has 188 valence electrons. The fraction of sp³-hybridized carbons (Fsp3) is 0.143. The van der Waals surface area contributed by atoms with E-state index >= 15 is 0 Å². The van der Waals surface area contributed by atoms with Gasteiger partial charge < -0.3 is 10.3 Å². The Labute approximate surface area is 216 Å². The van der Waals surface area contributed by atoms with Crippen molar-refractivity contribution in [1.82, 2.24) is 35.1 Å². The van der Waals surface area contributed by atoms with Crippen LogP contribution in [0.2, 0.25) is 0 Å². The van der Waals surface area contributed by atoms with Gasteiger partial charge in [-0.2, -0.15) is 5.10 Å². The Morgan fingerprint density at radius 1 is 1.03 bits per heavy atom. The lowest BCUT2D eigenvalue weighted by atomic mass is 10.1. The average Bonchev–Trinajstić information content (AvgIpc) is 3.52. The fourth-order valence-electron chi connectivity index (χ4n) is 4.38. The van der Waals surface area contributed by atoms with Crippen LogP contribution < -0.4 is 5.32 Å². The molecule has 5 aromatic heterocycles. The van der Waals surface area contributed by atoms with Crippen LogP contribution in [0.25, 0.3) is 56.0 Å². The number of aromatic nitrogens is 7. The fourth-order valence-corrected chi connectivity index (χ4v) is 4.38. The van der Waals surface area contributed by atoms with Crippen molar-refractivity contribution in [2.24, 2.45) is 5.92 Å². The summed E-state index contributed by atoms with van der Waals surface area (Å²) in [4.78, 5) is 33.5. The maximum Gasteiger partial charge on any atom is 0.224 e. The van der Waals surface area contributed by atoms with Gasteiger partial charge in [-0.3, -0.25) is 19.9 Å². The zero-order valence-electron chi connectivity index (χ0n) is 20.7. The number of halogens is 1. The SMILES string of the molecule is CC(C)CC(=O)Nc1cncc(-c2cc3c(-c4nc5nccc(-c6ccc(F)cc6)c5[nH]4)n[nH]c3cn2)c1. The van der Waals surface area contributed by atoms with E-state index in [1.165, 1.54) is 12.1 Å². The molecule has 0 aliphatic heterocycles. The average molecular weight is 507 g/mol. The van der Waals surface area contributed by atoms with E-state index in [-0.39, 0.29) is 17.6 Å². The summed E-state index contributed by atoms with van der Waals surface area (Å²) in [6.45, 7) is 4.00. The van der Waals surface area contributed by atoms with Gasteiger partial charge in [0.1, 0.15) is 11.5 Å². The van der Waals surface area contributed by atoms with Gasteiger partial charge in [0, 0.05) is 35.3 Å². The first-order valence-electron chi connectivity index (χ1n) is 12.1. The second-order valence-electron chi connectivity index (χ2n) is 9.45. The number of imidazole rings is 1. The molecule has 0 atom stereocenters. The summed E-state index contributed by atoms with van der Waals surface area (Å²) < 4.78 is 13.5. The smallest absolute Gasteiger partial charge is 0.224 e. The zero-order valence-corrected chi connectivity index (χ0v) is 20.7. The normalized spacial score (nSPS) is 11.5. The molecular formula is C28H23FN8O. The monoisotopic (exact) mass is 506 g/mol. The molecule has 0 saturated carbocycles. The molecule has 9 nitrogen and oxygen atoms in total. The van der Waals surface area contributed by atoms with Gasteiger partial charge in [-0.25, -0.2) is 14.4 Å². The topological polar surface area (TPSA) is 125 Å². The zero-order chi connectivity index (χ0) is 26.2. The van der Waals surface area contributed by atoms with Crippen LogP contribution in [0, 0.1) is 11.7 Å². The number of hydrogen-bond donors (Lipinski definition) is 3. The van der Waals surface area contributed by atoms with E-state index in [0.29, 0.717) is 35.0 Å². The largest absolute Gasteiger partial charge is 0.335 e. The third-order valence-electron chi connectivity index (χ3n) is 6.13. The van der Waals surface area contributed by atoms with E-state index in [2.05, 4.69) is 40.4 Å². The first kappa shape index (κ1) is 23.4. The van der Waals surface area contributed by atoms with E-state index in [1.54, 1.807) is 36.9 Å². The summed E-state index contributed by atoms with van der Waals surface area (Å²) in [5.74, 6) is 0.446. The number of rotatable bonds is 6. The lowest BCUT2D eigenvalue weighted by Crippen LogP contribution is -2.13. The second kappa shape index (κ2) is 9.47. The molecule has 0 bridgehead atoms. The van der Waals surface area contributed by atoms with E-state index in [1.807, 2.05) is 32.0 Å². The molecular weight excluding hydrogens is 483 g/mol. The molecule has 1 amide bonds. The van der Waals surface area contributed by atoms with Gasteiger partial charge in [-0.1, -0.05) is 26.0 Å². The number of fused-ring (bicyclic) bond motifs is 2. The minimum absolute atomic E-state index is 0.0574. The Kier molecular flexibility index (Phi) is 5.83. The second-order valence-corrected chi connectivity index (χ2v) is 9.45. The van der Waals surface area contributed by atoms with Crippen LogP contribution >= 0.6 is 0 Å². The molecule has 5 heterocycles. The maximum absolute atomic E-state index is 13.5. The number of carbonyl (C=O) groups is 1. The van der Waals surface area contributed by atoms with Gasteiger partial charge in [0.05, 0.1) is 34.8 Å². The Morgan fingerprint density at radius 2 is 1.87 bits per heavy atom. The summed E-state index contributed by atoms with van der Waals surface area (Å²) in [5, 5.41) is 11.2. The number of pyridine rings is 3. The lowest BCUT2D eigenvalue weighted by molar-refractivity contribution is -0.116. The molecule has 38 heavy (non-hydrogen) atoms. The Hall–Kier alpha value is -4.99. The molecule has 1 aromatic carbocycles. The van der Waals surface area contributed by atoms with Crippen LogP contribution in [-0.2, 0) is 4.79 Å². The standard InChI is InChI=1S/C28H23FN8O/c1-15(2)9-24(38)33-19-10-17(12-30-13-19)22-11-21-23(14-32-22)36-37-26(21)28-34-25-20(7-8-31-27(25)35-28)16-3-5-18(29)6-4-16/h3-8,10-15H,9H2,1-2H3,(H,33,38)(H,36,37)(H,31,34,35). The number of anilines is 1. The van der Waals surface area contributed by atoms with Crippen LogP contribution in [-0.4, -0.2) is 41.0 Å². The first-order valence-corrected chi connectivity index (χ1v) is 12.1. The van der Waals surface area contributed by atoms with Crippen LogP contribution in [0.3, 0.4) is 0 Å². The highest BCUT2D eigenvalue weighted by atomic mass is 19.1. The summed E-state index contributed by atoms with van der Waals surface area (Å²) >= 11 is 0. The summed E-state index contributed by atoms with van der Waals surface area (Å²) in [6.07, 6.45) is 7.13. The maximum atomic E-state index is 13.5. The highest BCUT2D eigenvalue weighted by Crippen LogP contribution is 2.32. The molecule has 0 radical (unpaired) electrons. The van der Waals surface area contributed by atoms with Gasteiger partial charge in [-0.05, 0) is 41.8 Å². The molecule has 10 heteroatoms. The predicted octanol–water partition coefficient (Wildman–Crippen LogP) is 5.75. The van der Waals surface area contributed by atoms with Crippen molar-refractivity contribution in [2.45, 2.75) is 20.3 Å². The van der Waals surface area contributed by atoms with Gasteiger partial charge >= 0.3 is 0 Å². The summed E-state index contributed by atoms with van der Waals surface area (Å²) in [6, 6.07) is 11.9. The highest BCUT2D eigenvalue weighted by molar-refractivity contribution is 5.97. The molecule has 0 spiro atoms. The molecule has 0 aliphatic rings. The Balaban J connectivity index is 1.38. The molecule has 0 saturated heterocycles. The van der Waals surface area contributed by atoms with Crippen molar-refractivity contribution >= 4 is 33.7 Å². The van der Waals surface area contributed by atoms with Crippen molar-refractivity contribution in [3.63, 3.8) is 0 Å². The van der Waals surface area contributed by atoms with Crippen LogP contribution in [0.1, 0.15) is 20.3 Å². The van der Waals surface area contributed by atoms with Crippen molar-refractivity contribution in [3.05, 3.63) is 73.1 Å². The molecule has 6 aromatic rings. The van der Waals surface area contributed by atoms with Gasteiger partial charge in [0.15, 0.2) is 11.5 Å². The predicted molar refractivity (Wildman–Crippen MR) is 143 cm³/mol. The van der Waals surface area contributed by atoms with Crippen molar-refractivity contribution in [3.8, 4) is 33.9 Å². The molecule has 0 aliphatic carbocycles. The van der Waals surface area contributed by atoms with Gasteiger partial charge in [-0.15, -0.1) is 0 Å². The summed E-state index contributed by atoms with van der Waals surface area (Å²) in [5.41, 5.74) is 6.36. The number of carbonyl (C=O) groups excluding carboxylic acids is 1. The van der Waals surface area contributed by atoms with E-state index in [9.17, 15) is 9.18 Å². The first-order chi connectivity index (χ1) is 18.4. The summed E-state index contributed by atoms with van der Waals surface area (Å²) in [7, 11) is 0. The van der Waals surface area contributed by atoms with Crippen LogP contribution in [0.15, 0.2) is 67.3 Å². The number of H-pyrrole nitrogens is 2. The van der Waals surface area contributed by atoms with Gasteiger partial charge in [0.2, 0.25) is 5.91 Å². The lowest BCUT2D eigenvalue weighted by Gasteiger charge is -2.08. The highest BCUT2D eigenvalue weighted by Gasteiger charge is 2.17. The van der Waals surface area contributed by atoms with Gasteiger partial charge in [0.25, 0.3) is 0 Å². The third-order valence-corrected chi connectivity index (χ3v) is 6.13. The van der Waals surface area contributed by atoms with Crippen molar-refractivity contribution in [1.29, 1.82) is 0 Å². The number of benzene rings is 1. The minimum Gasteiger partial charge on any atom is -0.335 e. The molecule has 0 fully saturated rings. The van der Waals surface area contributed by atoms with Crippen LogP contribution in [0.5, 0.6) is 0 Å². The number of nitrogens with one attached hydrogen (secondary N) is 3. The number of nitrogens with zero attached hydrogens (tertiary/aromatic N) is 5. The van der Waals surface area contributed by atoms with E-state index in [0.717, 1.165) is 33.1 Å². The number of aromatic amines is 2. The van der Waals surface area contributed by atoms with Crippen molar-refractivity contribution in [2.75, 3.05) is 5.32 Å². The van der Waals surface area contributed by atoms with Crippen LogP contribution in [0.4, 0.5) is 10.1 Å². The van der Waals surface area contributed by atoms with E-state index in [4.69, 9.17) is 0 Å². The number of hydrogen-bond acceptors (Lipinski definition) is 6. The van der Waals surface area contributed by atoms with E-state index < -0.39 is 0 Å². The minimum atomic E-state index is -0.296. The number of amides is 1. The molecule has 6 rings (SSSR count). The van der Waals surface area contributed by atoms with Crippen molar-refractivity contribution < 1.29 is 9.18 Å². The molecule has 0 unspecified atom stereocenters.